The SMILES string of the molecule is CN(C)C1(CNCCC(F)(F)F)CCC1. The molecule has 90 valence electrons. The van der Waals surface area contributed by atoms with Crippen LogP contribution in [0.25, 0.3) is 0 Å². The van der Waals surface area contributed by atoms with Crippen molar-refractivity contribution in [1.29, 1.82) is 0 Å². The van der Waals surface area contributed by atoms with Gasteiger partial charge in [-0.25, -0.2) is 0 Å². The molecule has 1 aliphatic rings. The van der Waals surface area contributed by atoms with E-state index in [4.69, 9.17) is 0 Å². The summed E-state index contributed by atoms with van der Waals surface area (Å²) < 4.78 is 35.6. The maximum Gasteiger partial charge on any atom is 0.390 e. The zero-order valence-electron chi connectivity index (χ0n) is 9.32. The predicted molar refractivity (Wildman–Crippen MR) is 53.8 cm³/mol. The van der Waals surface area contributed by atoms with Crippen LogP contribution in [0, 0.1) is 0 Å². The number of nitrogens with one attached hydrogen (secondary N) is 1. The molecule has 0 aromatic heterocycles. The summed E-state index contributed by atoms with van der Waals surface area (Å²) in [4.78, 5) is 2.12. The summed E-state index contributed by atoms with van der Waals surface area (Å²) in [6.45, 7) is 0.690. The molecule has 0 aromatic carbocycles. The van der Waals surface area contributed by atoms with Gasteiger partial charge in [0.05, 0.1) is 6.42 Å². The van der Waals surface area contributed by atoms with E-state index in [1.54, 1.807) is 0 Å². The zero-order valence-corrected chi connectivity index (χ0v) is 9.32. The number of rotatable bonds is 5. The molecule has 0 spiro atoms. The maximum absolute atomic E-state index is 11.9. The van der Waals surface area contributed by atoms with E-state index in [1.165, 1.54) is 6.42 Å². The van der Waals surface area contributed by atoms with Crippen molar-refractivity contribution in [1.82, 2.24) is 10.2 Å². The highest BCUT2D eigenvalue weighted by molar-refractivity contribution is 4.97. The Morgan fingerprint density at radius 2 is 1.87 bits per heavy atom. The topological polar surface area (TPSA) is 15.3 Å². The van der Waals surface area contributed by atoms with Gasteiger partial charge in [-0.2, -0.15) is 13.2 Å². The normalized spacial score (nSPS) is 20.4. The first kappa shape index (κ1) is 12.8. The average molecular weight is 224 g/mol. The van der Waals surface area contributed by atoms with Crippen molar-refractivity contribution in [2.24, 2.45) is 0 Å². The quantitative estimate of drug-likeness (QED) is 0.719. The van der Waals surface area contributed by atoms with Crippen molar-refractivity contribution >= 4 is 0 Å². The highest BCUT2D eigenvalue weighted by Gasteiger charge is 2.38. The van der Waals surface area contributed by atoms with Crippen LogP contribution in [0.1, 0.15) is 25.7 Å². The molecule has 0 radical (unpaired) electrons. The third-order valence-corrected chi connectivity index (χ3v) is 3.27. The minimum absolute atomic E-state index is 0.0269. The van der Waals surface area contributed by atoms with Gasteiger partial charge in [0.2, 0.25) is 0 Å². The summed E-state index contributed by atoms with van der Waals surface area (Å²) in [5.74, 6) is 0. The molecular weight excluding hydrogens is 205 g/mol. The molecule has 0 atom stereocenters. The summed E-state index contributed by atoms with van der Waals surface area (Å²) in [7, 11) is 3.98. The van der Waals surface area contributed by atoms with Crippen LogP contribution in [0.4, 0.5) is 13.2 Å². The van der Waals surface area contributed by atoms with E-state index < -0.39 is 12.6 Å². The first-order valence-electron chi connectivity index (χ1n) is 5.31. The Morgan fingerprint density at radius 3 is 2.20 bits per heavy atom. The number of likely N-dealkylation sites (N-methyl/N-ethyl adjacent to an activating group) is 1. The van der Waals surface area contributed by atoms with Crippen molar-refractivity contribution in [3.05, 3.63) is 0 Å². The lowest BCUT2D eigenvalue weighted by Crippen LogP contribution is -2.56. The van der Waals surface area contributed by atoms with Gasteiger partial charge in [0.25, 0.3) is 0 Å². The molecule has 0 heterocycles. The van der Waals surface area contributed by atoms with Gasteiger partial charge in [-0.1, -0.05) is 0 Å². The molecule has 1 aliphatic carbocycles. The molecule has 0 bridgehead atoms. The largest absolute Gasteiger partial charge is 0.390 e. The zero-order chi connectivity index (χ0) is 11.5. The lowest BCUT2D eigenvalue weighted by Gasteiger charge is -2.47. The summed E-state index contributed by atoms with van der Waals surface area (Å²) in [5.41, 5.74) is 0.103. The molecule has 0 unspecified atom stereocenters. The van der Waals surface area contributed by atoms with Crippen LogP contribution in [0.5, 0.6) is 0 Å². The lowest BCUT2D eigenvalue weighted by atomic mass is 9.75. The lowest BCUT2D eigenvalue weighted by molar-refractivity contribution is -0.133. The van der Waals surface area contributed by atoms with Crippen LogP contribution in [0.2, 0.25) is 0 Å². The number of halogens is 3. The van der Waals surface area contributed by atoms with Gasteiger partial charge in [0.15, 0.2) is 0 Å². The number of hydrogen-bond acceptors (Lipinski definition) is 2. The van der Waals surface area contributed by atoms with E-state index in [-0.39, 0.29) is 12.1 Å². The van der Waals surface area contributed by atoms with Gasteiger partial charge in [-0.15, -0.1) is 0 Å². The highest BCUT2D eigenvalue weighted by Crippen LogP contribution is 2.35. The Balaban J connectivity index is 2.19. The van der Waals surface area contributed by atoms with E-state index in [0.29, 0.717) is 6.54 Å². The van der Waals surface area contributed by atoms with Crippen molar-refractivity contribution < 1.29 is 13.2 Å². The molecule has 0 aliphatic heterocycles. The van der Waals surface area contributed by atoms with Gasteiger partial charge in [-0.3, -0.25) is 0 Å². The van der Waals surface area contributed by atoms with Crippen LogP contribution in [-0.4, -0.2) is 43.8 Å². The second-order valence-corrected chi connectivity index (χ2v) is 4.51. The predicted octanol–water partition coefficient (Wildman–Crippen LogP) is 2.01. The van der Waals surface area contributed by atoms with E-state index in [9.17, 15) is 13.2 Å². The molecule has 0 amide bonds. The summed E-state index contributed by atoms with van der Waals surface area (Å²) in [6, 6.07) is 0. The Morgan fingerprint density at radius 1 is 1.27 bits per heavy atom. The first-order valence-corrected chi connectivity index (χ1v) is 5.31. The summed E-state index contributed by atoms with van der Waals surface area (Å²) in [5, 5.41) is 2.90. The average Bonchev–Trinajstić information content (AvgIpc) is 1.98. The van der Waals surface area contributed by atoms with E-state index in [0.717, 1.165) is 12.8 Å². The first-order chi connectivity index (χ1) is 6.86. The van der Waals surface area contributed by atoms with E-state index >= 15 is 0 Å². The highest BCUT2D eigenvalue weighted by atomic mass is 19.4. The number of nitrogens with zero attached hydrogens (tertiary/aromatic N) is 1. The smallest absolute Gasteiger partial charge is 0.315 e. The third-order valence-electron chi connectivity index (χ3n) is 3.27. The molecule has 1 fully saturated rings. The standard InChI is InChI=1S/C10H19F3N2/c1-15(2)9(4-3-5-9)8-14-7-6-10(11,12)13/h14H,3-8H2,1-2H3. The molecule has 1 N–H and O–H groups in total. The molecule has 5 heteroatoms. The fourth-order valence-electron chi connectivity index (χ4n) is 1.92. The van der Waals surface area contributed by atoms with Crippen LogP contribution < -0.4 is 5.32 Å². The minimum Gasteiger partial charge on any atom is -0.315 e. The summed E-state index contributed by atoms with van der Waals surface area (Å²) in [6.07, 6.45) is -1.44. The van der Waals surface area contributed by atoms with E-state index in [2.05, 4.69) is 10.2 Å². The third kappa shape index (κ3) is 3.65. The molecule has 0 aromatic rings. The van der Waals surface area contributed by atoms with Crippen molar-refractivity contribution in [3.8, 4) is 0 Å². The Labute approximate surface area is 88.8 Å². The molecular formula is C10H19F3N2. The van der Waals surface area contributed by atoms with Crippen molar-refractivity contribution in [3.63, 3.8) is 0 Å². The second-order valence-electron chi connectivity index (χ2n) is 4.51. The van der Waals surface area contributed by atoms with Crippen LogP contribution in [0.15, 0.2) is 0 Å². The Bertz CT molecular complexity index is 197. The molecule has 1 saturated carbocycles. The van der Waals surface area contributed by atoms with Gasteiger partial charge in [0, 0.05) is 18.6 Å². The van der Waals surface area contributed by atoms with Crippen LogP contribution in [-0.2, 0) is 0 Å². The molecule has 1 rings (SSSR count). The minimum atomic E-state index is -4.04. The molecule has 15 heavy (non-hydrogen) atoms. The second kappa shape index (κ2) is 4.70. The van der Waals surface area contributed by atoms with Crippen LogP contribution in [0.3, 0.4) is 0 Å². The number of hydrogen-bond donors (Lipinski definition) is 1. The molecule has 0 saturated heterocycles. The van der Waals surface area contributed by atoms with Gasteiger partial charge in [-0.05, 0) is 33.4 Å². The van der Waals surface area contributed by atoms with Crippen LogP contribution >= 0.6 is 0 Å². The van der Waals surface area contributed by atoms with Crippen molar-refractivity contribution in [2.45, 2.75) is 37.4 Å². The fourth-order valence-corrected chi connectivity index (χ4v) is 1.92. The van der Waals surface area contributed by atoms with Gasteiger partial charge < -0.3 is 10.2 Å². The van der Waals surface area contributed by atoms with Crippen molar-refractivity contribution in [2.75, 3.05) is 27.2 Å². The van der Waals surface area contributed by atoms with E-state index in [1.807, 2.05) is 14.1 Å². The Kier molecular flexibility index (Phi) is 4.00. The summed E-state index contributed by atoms with van der Waals surface area (Å²) >= 11 is 0. The number of alkyl halides is 3. The van der Waals surface area contributed by atoms with Gasteiger partial charge in [0.1, 0.15) is 0 Å². The Hall–Kier alpha value is -0.290. The fraction of sp³-hybridized carbons (Fsp3) is 1.00. The van der Waals surface area contributed by atoms with Gasteiger partial charge >= 0.3 is 6.18 Å². The maximum atomic E-state index is 11.9. The monoisotopic (exact) mass is 224 g/mol. The molecule has 2 nitrogen and oxygen atoms in total.